The van der Waals surface area contributed by atoms with Gasteiger partial charge in [0, 0.05) is 24.2 Å². The van der Waals surface area contributed by atoms with Gasteiger partial charge in [-0.25, -0.2) is 4.98 Å². The lowest BCUT2D eigenvalue weighted by Gasteiger charge is -2.28. The van der Waals surface area contributed by atoms with E-state index < -0.39 is 18.3 Å². The molecule has 2 aromatic heterocycles. The second-order valence-electron chi connectivity index (χ2n) is 9.86. The molecule has 0 radical (unpaired) electrons. The summed E-state index contributed by atoms with van der Waals surface area (Å²) in [6.45, 7) is 3.35. The third-order valence-corrected chi connectivity index (χ3v) is 6.83. The number of aromatic amines is 1. The van der Waals surface area contributed by atoms with Crippen LogP contribution < -0.4 is 15.2 Å². The molecule has 3 atom stereocenters. The zero-order chi connectivity index (χ0) is 27.5. The Hall–Kier alpha value is -3.99. The lowest BCUT2D eigenvalue weighted by atomic mass is 10.1. The number of hydrogen-bond donors (Lipinski definition) is 3. The average molecular weight is 533 g/mol. The van der Waals surface area contributed by atoms with Crippen molar-refractivity contribution in [2.75, 3.05) is 18.1 Å². The van der Waals surface area contributed by atoms with E-state index in [9.17, 15) is 19.8 Å². The Balaban J connectivity index is 1.59. The Morgan fingerprint density at radius 1 is 1.18 bits per heavy atom. The second kappa shape index (κ2) is 11.4. The summed E-state index contributed by atoms with van der Waals surface area (Å²) in [7, 11) is 0. The third-order valence-electron chi connectivity index (χ3n) is 6.83. The summed E-state index contributed by atoms with van der Waals surface area (Å²) in [5.74, 6) is 0.390. The van der Waals surface area contributed by atoms with Gasteiger partial charge >= 0.3 is 0 Å². The molecular formula is C29H32N4O6. The van der Waals surface area contributed by atoms with Crippen molar-refractivity contribution in [3.8, 4) is 5.75 Å². The van der Waals surface area contributed by atoms with Gasteiger partial charge in [0.1, 0.15) is 22.9 Å². The van der Waals surface area contributed by atoms with Crippen molar-refractivity contribution >= 4 is 22.9 Å². The van der Waals surface area contributed by atoms with Gasteiger partial charge in [-0.1, -0.05) is 48.5 Å². The van der Waals surface area contributed by atoms with Crippen LogP contribution in [0.25, 0.3) is 11.0 Å². The first-order valence-electron chi connectivity index (χ1n) is 13.0. The van der Waals surface area contributed by atoms with Gasteiger partial charge < -0.3 is 24.7 Å². The number of aromatic nitrogens is 3. The number of amides is 1. The molecule has 1 aliphatic rings. The Morgan fingerprint density at radius 2 is 1.87 bits per heavy atom. The molecule has 1 fully saturated rings. The first-order chi connectivity index (χ1) is 18.9. The van der Waals surface area contributed by atoms with E-state index >= 15 is 0 Å². The van der Waals surface area contributed by atoms with Gasteiger partial charge in [0.15, 0.2) is 6.61 Å². The van der Waals surface area contributed by atoms with Crippen LogP contribution in [-0.4, -0.2) is 62.1 Å². The van der Waals surface area contributed by atoms with Gasteiger partial charge in [0.25, 0.3) is 11.5 Å². The minimum Gasteiger partial charge on any atom is -0.484 e. The molecule has 1 saturated heterocycles. The number of carbonyl (C=O) groups is 1. The van der Waals surface area contributed by atoms with Crippen LogP contribution in [0.3, 0.4) is 0 Å². The van der Waals surface area contributed by atoms with Crippen LogP contribution in [-0.2, 0) is 16.1 Å². The number of nitrogens with zero attached hydrogens (tertiary/aromatic N) is 3. The summed E-state index contributed by atoms with van der Waals surface area (Å²) < 4.78 is 13.1. The fourth-order valence-corrected chi connectivity index (χ4v) is 4.89. The van der Waals surface area contributed by atoms with Gasteiger partial charge in [0.05, 0.1) is 25.4 Å². The Morgan fingerprint density at radius 3 is 2.51 bits per heavy atom. The number of anilines is 1. The standard InChI is InChI=1S/C29H32N4O6/c1-18(2)33(25(36)17-38-20-11-7-4-8-12-20)29-31-26-21(23-13-22(35)24(16-34)39-23)14-30-27(26)28(37)32(29)15-19-9-5-3-6-10-19/h3-12,14,18,22-24,30,34-35H,13,15-17H2,1-2H3/t22-,23+,24+/m0/s1. The predicted molar refractivity (Wildman–Crippen MR) is 146 cm³/mol. The number of nitrogens with one attached hydrogen (secondary N) is 1. The van der Waals surface area contributed by atoms with E-state index in [0.717, 1.165) is 5.56 Å². The molecule has 0 aliphatic carbocycles. The van der Waals surface area contributed by atoms with E-state index in [1.54, 1.807) is 18.3 Å². The number of H-pyrrole nitrogens is 1. The van der Waals surface area contributed by atoms with Crippen LogP contribution >= 0.6 is 0 Å². The van der Waals surface area contributed by atoms with E-state index in [-0.39, 0.29) is 55.2 Å². The van der Waals surface area contributed by atoms with Crippen LogP contribution in [0, 0.1) is 0 Å². The molecule has 0 unspecified atom stereocenters. The number of carbonyl (C=O) groups excluding carboxylic acids is 1. The van der Waals surface area contributed by atoms with Crippen molar-refractivity contribution in [2.24, 2.45) is 0 Å². The number of hydrogen-bond acceptors (Lipinski definition) is 7. The number of benzene rings is 2. The van der Waals surface area contributed by atoms with Crippen molar-refractivity contribution in [3.05, 3.63) is 88.3 Å². The van der Waals surface area contributed by atoms with Crippen LogP contribution in [0.15, 0.2) is 71.7 Å². The van der Waals surface area contributed by atoms with Crippen molar-refractivity contribution in [1.82, 2.24) is 14.5 Å². The third kappa shape index (κ3) is 5.44. The van der Waals surface area contributed by atoms with E-state index in [4.69, 9.17) is 14.5 Å². The summed E-state index contributed by atoms with van der Waals surface area (Å²) in [6, 6.07) is 18.2. The zero-order valence-corrected chi connectivity index (χ0v) is 21.9. The number of rotatable bonds is 9. The maximum atomic E-state index is 13.9. The molecule has 3 N–H and O–H groups in total. The highest BCUT2D eigenvalue weighted by Crippen LogP contribution is 2.36. The van der Waals surface area contributed by atoms with Gasteiger partial charge in [-0.05, 0) is 31.5 Å². The van der Waals surface area contributed by atoms with Crippen molar-refractivity contribution in [1.29, 1.82) is 0 Å². The van der Waals surface area contributed by atoms with Crippen LogP contribution in [0.2, 0.25) is 0 Å². The van der Waals surface area contributed by atoms with Crippen molar-refractivity contribution < 1.29 is 24.5 Å². The van der Waals surface area contributed by atoms with Crippen LogP contribution in [0.4, 0.5) is 5.95 Å². The first kappa shape index (κ1) is 26.6. The SMILES string of the molecule is CC(C)N(C(=O)COc1ccccc1)c1nc2c([C@H]3C[C@H](O)[C@@H](CO)O3)c[nH]c2c(=O)n1Cc1ccccc1. The van der Waals surface area contributed by atoms with E-state index in [1.807, 2.05) is 62.4 Å². The molecule has 10 heteroatoms. The minimum atomic E-state index is -0.841. The quantitative estimate of drug-likeness (QED) is 0.302. The Kier molecular flexibility index (Phi) is 7.78. The number of para-hydroxylation sites is 1. The first-order valence-corrected chi connectivity index (χ1v) is 13.0. The maximum absolute atomic E-state index is 13.9. The van der Waals surface area contributed by atoms with Crippen molar-refractivity contribution in [2.45, 2.75) is 51.2 Å². The fourth-order valence-electron chi connectivity index (χ4n) is 4.89. The number of aliphatic hydroxyl groups excluding tert-OH is 2. The summed E-state index contributed by atoms with van der Waals surface area (Å²) in [6.07, 6.45) is -0.235. The Labute approximate surface area is 225 Å². The molecule has 0 spiro atoms. The molecule has 1 aliphatic heterocycles. The van der Waals surface area contributed by atoms with Gasteiger partial charge in [-0.2, -0.15) is 0 Å². The molecule has 0 saturated carbocycles. The molecule has 5 rings (SSSR count). The second-order valence-corrected chi connectivity index (χ2v) is 9.86. The normalized spacial score (nSPS) is 19.1. The fraction of sp³-hybridized carbons (Fsp3) is 0.345. The topological polar surface area (TPSA) is 130 Å². The lowest BCUT2D eigenvalue weighted by molar-refractivity contribution is -0.121. The highest BCUT2D eigenvalue weighted by molar-refractivity contribution is 5.94. The van der Waals surface area contributed by atoms with Crippen molar-refractivity contribution in [3.63, 3.8) is 0 Å². The van der Waals surface area contributed by atoms with Gasteiger partial charge in [-0.3, -0.25) is 19.1 Å². The van der Waals surface area contributed by atoms with Gasteiger partial charge in [-0.15, -0.1) is 0 Å². The maximum Gasteiger partial charge on any atom is 0.279 e. The van der Waals surface area contributed by atoms with E-state index in [0.29, 0.717) is 16.8 Å². The highest BCUT2D eigenvalue weighted by atomic mass is 16.5. The molecule has 39 heavy (non-hydrogen) atoms. The lowest BCUT2D eigenvalue weighted by Crippen LogP contribution is -2.44. The molecule has 204 valence electrons. The molecule has 10 nitrogen and oxygen atoms in total. The largest absolute Gasteiger partial charge is 0.484 e. The predicted octanol–water partition coefficient (Wildman–Crippen LogP) is 2.78. The molecule has 2 aromatic carbocycles. The summed E-state index contributed by atoms with van der Waals surface area (Å²) in [5.41, 5.74) is 1.75. The number of fused-ring (bicyclic) bond motifs is 1. The molecule has 1 amide bonds. The Bertz CT molecular complexity index is 1480. The minimum absolute atomic E-state index is 0.186. The molecule has 4 aromatic rings. The van der Waals surface area contributed by atoms with Gasteiger partial charge in [0.2, 0.25) is 5.95 Å². The molecule has 3 heterocycles. The monoisotopic (exact) mass is 532 g/mol. The highest BCUT2D eigenvalue weighted by Gasteiger charge is 2.36. The van der Waals surface area contributed by atoms with Crippen LogP contribution in [0.5, 0.6) is 5.75 Å². The zero-order valence-electron chi connectivity index (χ0n) is 21.9. The average Bonchev–Trinajstić information content (AvgIpc) is 3.53. The number of aliphatic hydroxyl groups is 2. The number of ether oxygens (including phenoxy) is 2. The van der Waals surface area contributed by atoms with E-state index in [1.165, 1.54) is 9.47 Å². The van der Waals surface area contributed by atoms with Crippen LogP contribution in [0.1, 0.15) is 37.5 Å². The molecular weight excluding hydrogens is 500 g/mol. The summed E-state index contributed by atoms with van der Waals surface area (Å²) in [4.78, 5) is 36.8. The molecule has 0 bridgehead atoms. The summed E-state index contributed by atoms with van der Waals surface area (Å²) >= 11 is 0. The smallest absolute Gasteiger partial charge is 0.279 e. The summed E-state index contributed by atoms with van der Waals surface area (Å²) in [5, 5.41) is 19.8. The van der Waals surface area contributed by atoms with E-state index in [2.05, 4.69) is 4.98 Å².